The van der Waals surface area contributed by atoms with Crippen LogP contribution in [0.2, 0.25) is 0 Å². The van der Waals surface area contributed by atoms with E-state index < -0.39 is 11.6 Å². The third-order valence-electron chi connectivity index (χ3n) is 3.73. The van der Waals surface area contributed by atoms with E-state index in [1.165, 1.54) is 16.8 Å². The van der Waals surface area contributed by atoms with E-state index in [2.05, 4.69) is 10.00 Å². The third kappa shape index (κ3) is 3.82. The number of rotatable bonds is 3. The summed E-state index contributed by atoms with van der Waals surface area (Å²) in [5.41, 5.74) is 7.06. The molecule has 7 heteroatoms. The van der Waals surface area contributed by atoms with Crippen LogP contribution in [0.4, 0.5) is 8.78 Å². The van der Waals surface area contributed by atoms with Gasteiger partial charge in [0, 0.05) is 31.4 Å². The van der Waals surface area contributed by atoms with Crippen molar-refractivity contribution in [2.75, 3.05) is 13.1 Å². The number of aromatic nitrogens is 2. The zero-order chi connectivity index (χ0) is 14.8. The molecule has 0 aliphatic carbocycles. The molecule has 0 spiro atoms. The van der Waals surface area contributed by atoms with Crippen molar-refractivity contribution in [3.8, 4) is 5.69 Å². The van der Waals surface area contributed by atoms with Crippen molar-refractivity contribution in [3.05, 3.63) is 47.8 Å². The molecule has 0 radical (unpaired) electrons. The van der Waals surface area contributed by atoms with Crippen molar-refractivity contribution in [2.24, 2.45) is 5.73 Å². The summed E-state index contributed by atoms with van der Waals surface area (Å²) in [6.45, 7) is 2.56. The Morgan fingerprint density at radius 3 is 2.82 bits per heavy atom. The van der Waals surface area contributed by atoms with Gasteiger partial charge in [0.15, 0.2) is 5.82 Å². The second-order valence-corrected chi connectivity index (χ2v) is 5.48. The van der Waals surface area contributed by atoms with Gasteiger partial charge in [-0.15, -0.1) is 12.4 Å². The van der Waals surface area contributed by atoms with E-state index in [4.69, 9.17) is 5.73 Å². The monoisotopic (exact) mass is 328 g/mol. The van der Waals surface area contributed by atoms with Crippen LogP contribution in [0.5, 0.6) is 0 Å². The molecule has 1 aliphatic heterocycles. The maximum Gasteiger partial charge on any atom is 0.151 e. The van der Waals surface area contributed by atoms with Gasteiger partial charge in [-0.1, -0.05) is 0 Å². The number of benzene rings is 1. The molecule has 1 fully saturated rings. The zero-order valence-corrected chi connectivity index (χ0v) is 12.9. The predicted octanol–water partition coefficient (Wildman–Crippen LogP) is 2.50. The van der Waals surface area contributed by atoms with Gasteiger partial charge < -0.3 is 5.73 Å². The number of hydrogen-bond acceptors (Lipinski definition) is 3. The predicted molar refractivity (Wildman–Crippen MR) is 83.2 cm³/mol. The number of nitrogens with two attached hydrogens (primary N) is 1. The van der Waals surface area contributed by atoms with E-state index in [-0.39, 0.29) is 24.1 Å². The molecule has 120 valence electrons. The lowest BCUT2D eigenvalue weighted by Gasteiger charge is -2.29. The molecule has 1 unspecified atom stereocenters. The Bertz CT molecular complexity index is 632. The van der Waals surface area contributed by atoms with Crippen LogP contribution >= 0.6 is 12.4 Å². The van der Waals surface area contributed by atoms with Crippen molar-refractivity contribution >= 4 is 12.4 Å². The van der Waals surface area contributed by atoms with Crippen molar-refractivity contribution in [2.45, 2.75) is 25.4 Å². The topological polar surface area (TPSA) is 47.1 Å². The van der Waals surface area contributed by atoms with Crippen molar-refractivity contribution in [1.82, 2.24) is 14.7 Å². The average molecular weight is 329 g/mol. The molecule has 1 atom stereocenters. The molecule has 0 bridgehead atoms. The van der Waals surface area contributed by atoms with Crippen LogP contribution in [0.15, 0.2) is 30.5 Å². The van der Waals surface area contributed by atoms with E-state index >= 15 is 0 Å². The first-order chi connectivity index (χ1) is 10.1. The van der Waals surface area contributed by atoms with Gasteiger partial charge in [-0.2, -0.15) is 5.10 Å². The normalized spacial score (nSPS) is 19.0. The van der Waals surface area contributed by atoms with Gasteiger partial charge in [0.25, 0.3) is 0 Å². The molecule has 0 amide bonds. The molecule has 1 aliphatic rings. The maximum atomic E-state index is 13.7. The first-order valence-electron chi connectivity index (χ1n) is 7.10. The lowest BCUT2D eigenvalue weighted by atomic mass is 10.1. The van der Waals surface area contributed by atoms with Crippen LogP contribution in [0, 0.1) is 11.6 Å². The van der Waals surface area contributed by atoms with E-state index in [0.717, 1.165) is 37.7 Å². The fraction of sp³-hybridized carbons (Fsp3) is 0.400. The highest BCUT2D eigenvalue weighted by molar-refractivity contribution is 5.85. The standard InChI is InChI=1S/C15H18F2N4.ClH/c16-11-3-4-15(14(17)8-11)21-7-5-13(19-21)10-20-6-1-2-12(18)9-20;/h3-5,7-8,12H,1-2,6,9-10,18H2;1H. The fourth-order valence-corrected chi connectivity index (χ4v) is 2.71. The van der Waals surface area contributed by atoms with Gasteiger partial charge in [0.1, 0.15) is 11.5 Å². The van der Waals surface area contributed by atoms with Crippen LogP contribution in [0.25, 0.3) is 5.69 Å². The summed E-state index contributed by atoms with van der Waals surface area (Å²) in [7, 11) is 0. The summed E-state index contributed by atoms with van der Waals surface area (Å²) in [6.07, 6.45) is 3.84. The van der Waals surface area contributed by atoms with E-state index in [9.17, 15) is 8.78 Å². The van der Waals surface area contributed by atoms with Gasteiger partial charge in [0.05, 0.1) is 5.69 Å². The molecule has 22 heavy (non-hydrogen) atoms. The smallest absolute Gasteiger partial charge is 0.151 e. The van der Waals surface area contributed by atoms with Crippen molar-refractivity contribution < 1.29 is 8.78 Å². The highest BCUT2D eigenvalue weighted by Gasteiger charge is 2.17. The molecule has 1 aromatic heterocycles. The van der Waals surface area contributed by atoms with Crippen LogP contribution in [-0.2, 0) is 6.54 Å². The van der Waals surface area contributed by atoms with E-state index in [1.54, 1.807) is 6.20 Å². The van der Waals surface area contributed by atoms with E-state index in [0.29, 0.717) is 6.54 Å². The number of hydrogen-bond donors (Lipinski definition) is 1. The van der Waals surface area contributed by atoms with Crippen molar-refractivity contribution in [1.29, 1.82) is 0 Å². The van der Waals surface area contributed by atoms with Crippen LogP contribution in [0.1, 0.15) is 18.5 Å². The third-order valence-corrected chi connectivity index (χ3v) is 3.73. The lowest BCUT2D eigenvalue weighted by molar-refractivity contribution is 0.199. The fourth-order valence-electron chi connectivity index (χ4n) is 2.71. The molecule has 1 aromatic carbocycles. The minimum absolute atomic E-state index is 0. The molecule has 3 rings (SSSR count). The summed E-state index contributed by atoms with van der Waals surface area (Å²) in [4.78, 5) is 2.25. The first kappa shape index (κ1) is 16.9. The van der Waals surface area contributed by atoms with Crippen molar-refractivity contribution in [3.63, 3.8) is 0 Å². The first-order valence-corrected chi connectivity index (χ1v) is 7.10. The minimum Gasteiger partial charge on any atom is -0.327 e. The second-order valence-electron chi connectivity index (χ2n) is 5.48. The molecular formula is C15H19ClF2N4. The number of nitrogens with zero attached hydrogens (tertiary/aromatic N) is 3. The Morgan fingerprint density at radius 2 is 2.09 bits per heavy atom. The van der Waals surface area contributed by atoms with Crippen LogP contribution in [0.3, 0.4) is 0 Å². The minimum atomic E-state index is -0.621. The number of likely N-dealkylation sites (tertiary alicyclic amines) is 1. The quantitative estimate of drug-likeness (QED) is 0.941. The van der Waals surface area contributed by atoms with Gasteiger partial charge in [-0.3, -0.25) is 4.90 Å². The Hall–Kier alpha value is -1.50. The zero-order valence-electron chi connectivity index (χ0n) is 12.1. The van der Waals surface area contributed by atoms with Gasteiger partial charge in [0.2, 0.25) is 0 Å². The lowest BCUT2D eigenvalue weighted by Crippen LogP contribution is -2.42. The summed E-state index contributed by atoms with van der Waals surface area (Å²) in [5, 5.41) is 4.36. The summed E-state index contributed by atoms with van der Waals surface area (Å²) >= 11 is 0. The molecule has 2 N–H and O–H groups in total. The Balaban J connectivity index is 0.00000176. The highest BCUT2D eigenvalue weighted by Crippen LogP contribution is 2.16. The Kier molecular flexibility index (Phi) is 5.50. The maximum absolute atomic E-state index is 13.7. The van der Waals surface area contributed by atoms with Crippen LogP contribution in [-0.4, -0.2) is 33.8 Å². The molecule has 1 saturated heterocycles. The summed E-state index contributed by atoms with van der Waals surface area (Å²) < 4.78 is 28.1. The SMILES string of the molecule is Cl.NC1CCCN(Cc2ccn(-c3ccc(F)cc3F)n2)C1. The molecule has 0 saturated carbocycles. The van der Waals surface area contributed by atoms with Gasteiger partial charge >= 0.3 is 0 Å². The highest BCUT2D eigenvalue weighted by atomic mass is 35.5. The average Bonchev–Trinajstić information content (AvgIpc) is 2.87. The summed E-state index contributed by atoms with van der Waals surface area (Å²) in [6, 6.07) is 5.54. The van der Waals surface area contributed by atoms with Gasteiger partial charge in [-0.05, 0) is 37.6 Å². The molecule has 2 aromatic rings. The Labute approximate surface area is 134 Å². The number of halogens is 3. The second kappa shape index (κ2) is 7.17. The molecule has 2 heterocycles. The Morgan fingerprint density at radius 1 is 1.27 bits per heavy atom. The van der Waals surface area contributed by atoms with Crippen LogP contribution < -0.4 is 5.73 Å². The summed E-state index contributed by atoms with van der Waals surface area (Å²) in [5.74, 6) is -1.21. The van der Waals surface area contributed by atoms with E-state index in [1.807, 2.05) is 6.07 Å². The largest absolute Gasteiger partial charge is 0.327 e. The molecule has 4 nitrogen and oxygen atoms in total. The number of piperidine rings is 1. The van der Waals surface area contributed by atoms with Gasteiger partial charge in [-0.25, -0.2) is 13.5 Å². The molecular weight excluding hydrogens is 310 g/mol.